The van der Waals surface area contributed by atoms with Crippen molar-refractivity contribution in [3.8, 4) is 41.4 Å². The summed E-state index contributed by atoms with van der Waals surface area (Å²) >= 11 is 2.07. The largest absolute Gasteiger partial charge is 0.508 e. The number of benzene rings is 3. The Bertz CT molecular complexity index is 4880. The minimum absolute atomic E-state index is 0. The summed E-state index contributed by atoms with van der Waals surface area (Å²) < 4.78 is 0.784. The van der Waals surface area contributed by atoms with Gasteiger partial charge in [0.2, 0.25) is 17.3 Å². The molecule has 12 atom stereocenters. The van der Waals surface area contributed by atoms with Crippen LogP contribution >= 0.6 is 22.6 Å². The van der Waals surface area contributed by atoms with Crippen molar-refractivity contribution >= 4 is 98.4 Å². The number of nitrogens with zero attached hydrogens (tertiary/aromatic N) is 3. The van der Waals surface area contributed by atoms with Crippen molar-refractivity contribution in [3.05, 3.63) is 184 Å². The number of amides is 3. The topological polar surface area (TPSA) is 484 Å². The summed E-state index contributed by atoms with van der Waals surface area (Å²) in [5, 5.41) is 131. The van der Waals surface area contributed by atoms with Gasteiger partial charge in [-0.2, -0.15) is 0 Å². The van der Waals surface area contributed by atoms with E-state index in [0.717, 1.165) is 9.13 Å². The van der Waals surface area contributed by atoms with Crippen LogP contribution < -0.4 is 17.2 Å². The molecule has 9 aliphatic rings. The number of terminal acetylenes is 1. The van der Waals surface area contributed by atoms with E-state index in [0.29, 0.717) is 28.7 Å². The number of carbonyl (C=O) groups is 9. The van der Waals surface area contributed by atoms with Gasteiger partial charge >= 0.3 is 0 Å². The Morgan fingerprint density at radius 2 is 0.789 bits per heavy atom. The van der Waals surface area contributed by atoms with Gasteiger partial charge in [0.15, 0.2) is 34.2 Å². The van der Waals surface area contributed by atoms with E-state index in [-0.39, 0.29) is 127 Å². The number of likely N-dealkylation sites (N-methyl/N-ethyl adjacent to an activating group) is 3. The molecule has 0 aromatic heterocycles. The van der Waals surface area contributed by atoms with Crippen LogP contribution in [0.25, 0.3) is 23.4 Å². The lowest BCUT2D eigenvalue weighted by atomic mass is 9.57. The van der Waals surface area contributed by atoms with Crippen LogP contribution in [-0.2, 0) is 62.4 Å². The Balaban J connectivity index is 0.000000782. The van der Waals surface area contributed by atoms with Crippen LogP contribution in [0.3, 0.4) is 0 Å². The number of nitrogens with two attached hydrogens (primary N) is 3. The molecule has 0 saturated heterocycles. The van der Waals surface area contributed by atoms with Gasteiger partial charge in [0.05, 0.1) is 34.8 Å². The number of carbonyl (C=O) groups excluding carboxylic acids is 9. The molecule has 0 heterocycles. The molecule has 12 rings (SSSR count). The Labute approximate surface area is 680 Å². The fraction of sp³-hybridized carbons (Fsp3) is 0.395. The molecule has 27 nitrogen and oxygen atoms in total. The first-order chi connectivity index (χ1) is 50.6. The molecule has 9 aliphatic carbocycles. The minimum atomic E-state index is -2.64. The van der Waals surface area contributed by atoms with E-state index in [4.69, 9.17) is 17.2 Å². The van der Waals surface area contributed by atoms with Gasteiger partial charge in [-0.3, -0.25) is 57.9 Å². The number of hydrogen-bond donors (Lipinski definition) is 15. The van der Waals surface area contributed by atoms with Crippen molar-refractivity contribution in [2.24, 2.45) is 52.7 Å². The molecule has 0 bridgehead atoms. The van der Waals surface area contributed by atoms with Crippen molar-refractivity contribution in [2.75, 3.05) is 42.3 Å². The standard InChI is InChI=1S/C24H26N2O7.C24H24N2O7.C21H21IN2O7.C5H4.C3H6.C3H4.6CH4/c2*1-4-5-10-6-7-14(27)16-12(10)8-11-9-13-18(26(2)3)20(29)17(23(25)32)22(31)24(13,33)21(30)15(11)19(16)28;1-24(2)15-9-6-7-5-8-10(22)3-4-11(25)13(8)16(26)12(7)18(28)21(9,31)19(29)14(17(15)27)20(23)30;1-3-5-4-2;2*1-3-2;;;;;;/h4-7,11,13,18,27-28,31,33H,8-9H2,1-3H3,(H2,25,32);6-7,11,13,18,27-28,31,33H,8-9H2,1-3H3,(H2,25,32);3-4,7,9,15,25-26,29,31H,5-6H2,1-2H3,(H2,23,30);1-2H2;3H,1H2,2H3;1H,2H3;6*1H4/b5-4-;;;;;;;;;;;/t2*11?,13?,18?,24-;7?,9?,15?,21-;;;;;;;;;/m000........./s1. The van der Waals surface area contributed by atoms with Crippen molar-refractivity contribution in [2.45, 2.75) is 146 Å². The zero-order chi connectivity index (χ0) is 81.3. The molecule has 3 amide bonds. The predicted octanol–water partition coefficient (Wildman–Crippen LogP) is 8.82. The summed E-state index contributed by atoms with van der Waals surface area (Å²) in [7, 11) is 9.37. The lowest BCUT2D eigenvalue weighted by molar-refractivity contribution is -0.155. The van der Waals surface area contributed by atoms with Gasteiger partial charge in [0, 0.05) is 43.6 Å². The van der Waals surface area contributed by atoms with Crippen LogP contribution in [0.15, 0.2) is 136 Å². The number of aromatic hydroxyl groups is 3. The Morgan fingerprint density at radius 1 is 0.509 bits per heavy atom. The molecule has 0 spiro atoms. The molecule has 3 aromatic rings. The first-order valence-electron chi connectivity index (χ1n) is 33.5. The number of hydrogen-bond acceptors (Lipinski definition) is 24. The lowest BCUT2D eigenvalue weighted by Crippen LogP contribution is -2.65. The van der Waals surface area contributed by atoms with Gasteiger partial charge in [0.1, 0.15) is 68.5 Å². The average molecular weight is 1690 g/mol. The van der Waals surface area contributed by atoms with E-state index in [1.54, 1.807) is 80.4 Å². The number of fused-ring (bicyclic) bond motifs is 9. The molecular weight excluding hydrogens is 1580 g/mol. The third-order valence-corrected chi connectivity index (χ3v) is 21.6. The maximum Gasteiger partial charge on any atom is 0.255 e. The predicted molar refractivity (Wildman–Crippen MR) is 445 cm³/mol. The molecule has 3 aromatic carbocycles. The first kappa shape index (κ1) is 101. The van der Waals surface area contributed by atoms with Gasteiger partial charge in [-0.05, 0) is 220 Å². The highest BCUT2D eigenvalue weighted by Gasteiger charge is 2.68. The number of halogens is 1. The van der Waals surface area contributed by atoms with Crippen LogP contribution in [-0.4, -0.2) is 206 Å². The number of ketones is 6. The molecule has 3 saturated carbocycles. The number of rotatable bonds is 7. The number of Topliss-reactive ketones (excluding diaryl/α,β-unsaturated/α-hetero) is 6. The van der Waals surface area contributed by atoms with E-state index in [9.17, 15) is 104 Å². The molecular formula is C86H109IN6O21. The summed E-state index contributed by atoms with van der Waals surface area (Å²) in [6.45, 7) is 16.8. The van der Waals surface area contributed by atoms with Crippen LogP contribution in [0.5, 0.6) is 17.2 Å². The second kappa shape index (κ2) is 39.1. The number of phenolic OH excluding ortho intramolecular Hbond substituents is 3. The number of aliphatic hydroxyl groups is 9. The highest BCUT2D eigenvalue weighted by molar-refractivity contribution is 14.1. The van der Waals surface area contributed by atoms with Crippen molar-refractivity contribution < 1.29 is 104 Å². The van der Waals surface area contributed by atoms with Crippen LogP contribution in [0.4, 0.5) is 0 Å². The summed E-state index contributed by atoms with van der Waals surface area (Å²) in [5.74, 6) is -11.7. The number of aliphatic hydroxyl groups excluding tert-OH is 6. The molecule has 9 unspecified atom stereocenters. The quantitative estimate of drug-likeness (QED) is 0.0345. The van der Waals surface area contributed by atoms with E-state index in [2.05, 4.69) is 83.7 Å². The van der Waals surface area contributed by atoms with Gasteiger partial charge in [-0.15, -0.1) is 24.8 Å². The van der Waals surface area contributed by atoms with E-state index >= 15 is 0 Å². The Morgan fingerprint density at radius 3 is 1.07 bits per heavy atom. The Hall–Kier alpha value is -11.1. The summed E-state index contributed by atoms with van der Waals surface area (Å²) in [6.07, 6.45) is 10.9. The molecule has 18 N–H and O–H groups in total. The fourth-order valence-electron chi connectivity index (χ4n) is 16.4. The summed E-state index contributed by atoms with van der Waals surface area (Å²) in [6, 6.07) is 5.87. The van der Waals surface area contributed by atoms with Gasteiger partial charge < -0.3 is 78.5 Å². The highest BCUT2D eigenvalue weighted by atomic mass is 127. The van der Waals surface area contributed by atoms with Gasteiger partial charge in [0.25, 0.3) is 17.7 Å². The second-order valence-corrected chi connectivity index (χ2v) is 28.5. The zero-order valence-electron chi connectivity index (χ0n) is 60.8. The van der Waals surface area contributed by atoms with E-state index < -0.39 is 174 Å². The molecule has 114 heavy (non-hydrogen) atoms. The minimum Gasteiger partial charge on any atom is -0.508 e. The maximum absolute atomic E-state index is 13.7. The van der Waals surface area contributed by atoms with Crippen LogP contribution in [0.1, 0.15) is 136 Å². The number of phenols is 3. The molecule has 28 heteroatoms. The monoisotopic (exact) mass is 1690 g/mol. The smallest absolute Gasteiger partial charge is 0.255 e. The lowest BCUT2D eigenvalue weighted by Gasteiger charge is -2.50. The van der Waals surface area contributed by atoms with Crippen molar-refractivity contribution in [1.82, 2.24) is 14.7 Å². The summed E-state index contributed by atoms with van der Waals surface area (Å²) in [5.41, 5.74) is 15.5. The third-order valence-electron chi connectivity index (χ3n) is 20.6. The Kier molecular flexibility index (Phi) is 34.6. The van der Waals surface area contributed by atoms with E-state index in [1.807, 2.05) is 26.0 Å². The molecule has 0 aliphatic heterocycles. The van der Waals surface area contributed by atoms with E-state index in [1.165, 1.54) is 32.9 Å². The average Bonchev–Trinajstić information content (AvgIpc) is 0.710. The first-order valence-corrected chi connectivity index (χ1v) is 34.6. The van der Waals surface area contributed by atoms with Crippen LogP contribution in [0.2, 0.25) is 0 Å². The third kappa shape index (κ3) is 16.7. The molecule has 3 fully saturated rings. The number of allylic oxidation sites excluding steroid dienone is 2. The van der Waals surface area contributed by atoms with Gasteiger partial charge in [-0.1, -0.05) is 86.2 Å². The number of primary amides is 3. The maximum atomic E-state index is 13.7. The fourth-order valence-corrected chi connectivity index (χ4v) is 17.0. The molecule has 0 radical (unpaired) electrons. The van der Waals surface area contributed by atoms with Gasteiger partial charge in [-0.25, -0.2) is 0 Å². The highest BCUT2D eigenvalue weighted by Crippen LogP contribution is 2.57. The van der Waals surface area contributed by atoms with Crippen molar-refractivity contribution in [1.29, 1.82) is 0 Å². The summed E-state index contributed by atoms with van der Waals surface area (Å²) in [4.78, 5) is 120. The second-order valence-electron chi connectivity index (χ2n) is 27.4. The van der Waals surface area contributed by atoms with Crippen LogP contribution in [0, 0.1) is 63.3 Å². The van der Waals surface area contributed by atoms with Crippen molar-refractivity contribution in [3.63, 3.8) is 0 Å². The molecule has 616 valence electrons. The normalized spacial score (nSPS) is 25.4. The SMILES string of the molecule is C.C.C.C.C.C.C#CC.C/C=C\c1ccc(O)c2c1CC1CC3C(N(C)C)C(=O)C(C(N)=O)=C(O)[C@@]3(O)C(=O)C1=C2O.C=C=C=C=C.C=CC.CC#Cc1ccc(O)c2c1CC1CC3C(N(C)C)C(=O)C(C(N)=O)=C(O)[C@@]3(O)C(=O)C1=C2O.CN(C)C1C(=O)C(C(N)=O)=C(O)[C@@]2(O)C(=O)C3=C(O)c4c(O)ccc(I)c4CC3CC12. The zero-order valence-corrected chi connectivity index (χ0v) is 63.0.